The first-order chi connectivity index (χ1) is 17.9. The standard InChI is InChI=1S/C26H31F3N6O3/c1-15-6-7-34(25(38)26(27,28)29)19(8-15)13-33-23-24(37)35(17(3)11-32-23)14-22(36)31-12-18-4-5-21-20(9-18)16(2)10-30-21/h4-5,9-11,15,19,30H,6-8,12-14H2,1-3H3,(H,31,36)(H,32,33)/t15-,19-/m1/s1. The molecule has 0 unspecified atom stereocenters. The van der Waals surface area contributed by atoms with E-state index in [1.807, 2.05) is 38.2 Å². The fourth-order valence-corrected chi connectivity index (χ4v) is 4.80. The zero-order valence-electron chi connectivity index (χ0n) is 21.5. The molecule has 0 bridgehead atoms. The van der Waals surface area contributed by atoms with Crippen molar-refractivity contribution in [2.45, 2.75) is 58.9 Å². The van der Waals surface area contributed by atoms with Gasteiger partial charge in [0.05, 0.1) is 0 Å². The molecule has 2 atom stereocenters. The summed E-state index contributed by atoms with van der Waals surface area (Å²) in [6.07, 6.45) is -0.792. The Labute approximate surface area is 217 Å². The molecule has 1 fully saturated rings. The molecule has 3 heterocycles. The normalized spacial score (nSPS) is 18.0. The number of fused-ring (bicyclic) bond motifs is 1. The van der Waals surface area contributed by atoms with Gasteiger partial charge < -0.3 is 20.5 Å². The molecule has 12 heteroatoms. The molecule has 4 rings (SSSR count). The molecule has 204 valence electrons. The van der Waals surface area contributed by atoms with Crippen LogP contribution in [0.1, 0.15) is 36.6 Å². The summed E-state index contributed by atoms with van der Waals surface area (Å²) in [4.78, 5) is 45.7. The summed E-state index contributed by atoms with van der Waals surface area (Å²) in [6.45, 7) is 5.51. The number of anilines is 1. The van der Waals surface area contributed by atoms with Gasteiger partial charge in [0.15, 0.2) is 5.82 Å². The van der Waals surface area contributed by atoms with Gasteiger partial charge in [0.1, 0.15) is 6.54 Å². The van der Waals surface area contributed by atoms with Gasteiger partial charge in [-0.05, 0) is 55.9 Å². The SMILES string of the molecule is Cc1c[nH]c2ccc(CNC(=O)Cn3c(C)cnc(NC[C@H]4C[C@H](C)CCN4C(=O)C(F)(F)F)c3=O)cc12. The van der Waals surface area contributed by atoms with Crippen molar-refractivity contribution in [2.24, 2.45) is 5.92 Å². The number of alkyl halides is 3. The summed E-state index contributed by atoms with van der Waals surface area (Å²) in [5.74, 6) is -2.21. The van der Waals surface area contributed by atoms with Gasteiger partial charge >= 0.3 is 12.1 Å². The quantitative estimate of drug-likeness (QED) is 0.433. The van der Waals surface area contributed by atoms with Gasteiger partial charge in [-0.15, -0.1) is 0 Å². The molecule has 0 aliphatic carbocycles. The Morgan fingerprint density at radius 2 is 2.00 bits per heavy atom. The number of piperidine rings is 1. The summed E-state index contributed by atoms with van der Waals surface area (Å²) in [6, 6.07) is 5.10. The van der Waals surface area contributed by atoms with Crippen LogP contribution in [0.5, 0.6) is 0 Å². The number of hydrogen-bond acceptors (Lipinski definition) is 5. The first kappa shape index (κ1) is 27.2. The Bertz CT molecular complexity index is 1400. The van der Waals surface area contributed by atoms with Crippen LogP contribution in [0.4, 0.5) is 19.0 Å². The topological polar surface area (TPSA) is 112 Å². The lowest BCUT2D eigenvalue weighted by Crippen LogP contribution is -2.53. The van der Waals surface area contributed by atoms with Crippen LogP contribution in [0.15, 0.2) is 35.4 Å². The Balaban J connectivity index is 1.41. The van der Waals surface area contributed by atoms with Gasteiger partial charge in [0.25, 0.3) is 5.56 Å². The summed E-state index contributed by atoms with van der Waals surface area (Å²) >= 11 is 0. The molecule has 9 nitrogen and oxygen atoms in total. The number of hydrogen-bond donors (Lipinski definition) is 3. The third-order valence-electron chi connectivity index (χ3n) is 6.98. The van der Waals surface area contributed by atoms with E-state index in [4.69, 9.17) is 0 Å². The van der Waals surface area contributed by atoms with Crippen molar-refractivity contribution in [3.63, 3.8) is 0 Å². The highest BCUT2D eigenvalue weighted by atomic mass is 19.4. The minimum atomic E-state index is -4.97. The Morgan fingerprint density at radius 1 is 1.24 bits per heavy atom. The smallest absolute Gasteiger partial charge is 0.363 e. The van der Waals surface area contributed by atoms with Crippen LogP contribution < -0.4 is 16.2 Å². The molecular formula is C26H31F3N6O3. The second kappa shape index (κ2) is 10.9. The average molecular weight is 533 g/mol. The van der Waals surface area contributed by atoms with E-state index < -0.39 is 23.7 Å². The minimum Gasteiger partial charge on any atom is -0.363 e. The molecule has 38 heavy (non-hydrogen) atoms. The molecule has 3 aromatic rings. The maximum absolute atomic E-state index is 13.1. The average Bonchev–Trinajstić information content (AvgIpc) is 3.24. The number of carbonyl (C=O) groups excluding carboxylic acids is 2. The van der Waals surface area contributed by atoms with Crippen molar-refractivity contribution >= 4 is 28.5 Å². The number of nitrogens with zero attached hydrogens (tertiary/aromatic N) is 3. The fourth-order valence-electron chi connectivity index (χ4n) is 4.80. The number of amides is 2. The van der Waals surface area contributed by atoms with Crippen molar-refractivity contribution < 1.29 is 22.8 Å². The van der Waals surface area contributed by atoms with Crippen LogP contribution in [0.25, 0.3) is 10.9 Å². The zero-order chi connectivity index (χ0) is 27.6. The van der Waals surface area contributed by atoms with E-state index in [1.54, 1.807) is 6.92 Å². The minimum absolute atomic E-state index is 0.00578. The van der Waals surface area contributed by atoms with Crippen LogP contribution in [0.2, 0.25) is 0 Å². The van der Waals surface area contributed by atoms with Crippen molar-refractivity contribution in [1.29, 1.82) is 0 Å². The van der Waals surface area contributed by atoms with Crippen molar-refractivity contribution in [2.75, 3.05) is 18.4 Å². The van der Waals surface area contributed by atoms with E-state index in [9.17, 15) is 27.6 Å². The molecule has 1 saturated heterocycles. The largest absolute Gasteiger partial charge is 0.471 e. The number of likely N-dealkylation sites (tertiary alicyclic amines) is 1. The molecule has 1 aromatic carbocycles. The number of carbonyl (C=O) groups is 2. The van der Waals surface area contributed by atoms with Gasteiger partial charge in [0, 0.05) is 54.7 Å². The number of halogens is 3. The van der Waals surface area contributed by atoms with Gasteiger partial charge in [-0.1, -0.05) is 13.0 Å². The fraction of sp³-hybridized carbons (Fsp3) is 0.462. The van der Waals surface area contributed by atoms with Gasteiger partial charge in [-0.2, -0.15) is 13.2 Å². The highest BCUT2D eigenvalue weighted by Gasteiger charge is 2.45. The van der Waals surface area contributed by atoms with E-state index >= 15 is 0 Å². The van der Waals surface area contributed by atoms with Crippen LogP contribution in [0.3, 0.4) is 0 Å². The van der Waals surface area contributed by atoms with Crippen LogP contribution >= 0.6 is 0 Å². The summed E-state index contributed by atoms with van der Waals surface area (Å²) in [7, 11) is 0. The lowest BCUT2D eigenvalue weighted by atomic mass is 9.92. The Morgan fingerprint density at radius 3 is 2.74 bits per heavy atom. The number of aromatic nitrogens is 3. The summed E-state index contributed by atoms with van der Waals surface area (Å²) < 4.78 is 40.5. The zero-order valence-corrected chi connectivity index (χ0v) is 21.5. The summed E-state index contributed by atoms with van der Waals surface area (Å²) in [5.41, 5.74) is 2.91. The van der Waals surface area contributed by atoms with Gasteiger partial charge in [0.2, 0.25) is 5.91 Å². The van der Waals surface area contributed by atoms with E-state index in [1.165, 1.54) is 10.8 Å². The van der Waals surface area contributed by atoms with Gasteiger partial charge in [-0.25, -0.2) is 4.98 Å². The molecule has 0 radical (unpaired) electrons. The summed E-state index contributed by atoms with van der Waals surface area (Å²) in [5, 5.41) is 6.70. The van der Waals surface area contributed by atoms with Crippen molar-refractivity contribution in [3.05, 3.63) is 57.8 Å². The number of rotatable bonds is 7. The number of aryl methyl sites for hydroxylation is 2. The lowest BCUT2D eigenvalue weighted by molar-refractivity contribution is -0.189. The van der Waals surface area contributed by atoms with E-state index in [0.717, 1.165) is 26.9 Å². The first-order valence-electron chi connectivity index (χ1n) is 12.5. The monoisotopic (exact) mass is 532 g/mol. The maximum Gasteiger partial charge on any atom is 0.471 e. The molecule has 0 saturated carbocycles. The number of H-pyrrole nitrogens is 1. The number of aromatic amines is 1. The molecule has 1 aliphatic heterocycles. The second-order valence-corrected chi connectivity index (χ2v) is 9.93. The third-order valence-corrected chi connectivity index (χ3v) is 6.98. The van der Waals surface area contributed by atoms with E-state index in [-0.39, 0.29) is 43.8 Å². The Kier molecular flexibility index (Phi) is 7.79. The first-order valence-corrected chi connectivity index (χ1v) is 12.5. The van der Waals surface area contributed by atoms with Crippen LogP contribution in [-0.2, 0) is 22.7 Å². The Hall–Kier alpha value is -3.83. The highest BCUT2D eigenvalue weighted by molar-refractivity contribution is 5.84. The van der Waals surface area contributed by atoms with E-state index in [0.29, 0.717) is 18.5 Å². The predicted octanol–water partition coefficient (Wildman–Crippen LogP) is 3.26. The third kappa shape index (κ3) is 6.00. The van der Waals surface area contributed by atoms with Crippen molar-refractivity contribution in [1.82, 2.24) is 24.8 Å². The number of benzene rings is 1. The van der Waals surface area contributed by atoms with Gasteiger partial charge in [-0.3, -0.25) is 19.0 Å². The molecule has 1 aliphatic rings. The maximum atomic E-state index is 13.1. The number of nitrogens with one attached hydrogen (secondary N) is 3. The second-order valence-electron chi connectivity index (χ2n) is 9.93. The van der Waals surface area contributed by atoms with Crippen LogP contribution in [0, 0.1) is 19.8 Å². The molecule has 0 spiro atoms. The molecular weight excluding hydrogens is 501 g/mol. The molecule has 3 N–H and O–H groups in total. The predicted molar refractivity (Wildman–Crippen MR) is 137 cm³/mol. The van der Waals surface area contributed by atoms with E-state index in [2.05, 4.69) is 20.6 Å². The van der Waals surface area contributed by atoms with Crippen LogP contribution in [-0.4, -0.2) is 56.6 Å². The molecule has 2 amide bonds. The van der Waals surface area contributed by atoms with Crippen molar-refractivity contribution in [3.8, 4) is 0 Å². The highest BCUT2D eigenvalue weighted by Crippen LogP contribution is 2.28. The molecule has 2 aromatic heterocycles. The lowest BCUT2D eigenvalue weighted by Gasteiger charge is -2.38.